The van der Waals surface area contributed by atoms with Crippen molar-refractivity contribution in [3.05, 3.63) is 47.3 Å². The molecule has 3 heterocycles. The molecule has 2 aromatic heterocycles. The van der Waals surface area contributed by atoms with Crippen molar-refractivity contribution in [1.82, 2.24) is 25.0 Å². The van der Waals surface area contributed by atoms with Crippen LogP contribution in [0, 0.1) is 0 Å². The minimum Gasteiger partial charge on any atom is -0.497 e. The Labute approximate surface area is 208 Å². The Balaban J connectivity index is 1.22. The van der Waals surface area contributed by atoms with Crippen molar-refractivity contribution in [2.24, 2.45) is 0 Å². The summed E-state index contributed by atoms with van der Waals surface area (Å²) in [4.78, 5) is 16.5. The Bertz CT molecular complexity index is 1070. The number of piperidine rings is 1. The van der Waals surface area contributed by atoms with Gasteiger partial charge in [0.25, 0.3) is 0 Å². The first-order chi connectivity index (χ1) is 16.7. The smallest absolute Gasteiger partial charge is 0.230 e. The highest BCUT2D eigenvalue weighted by atomic mass is 32.2. The van der Waals surface area contributed by atoms with E-state index in [-0.39, 0.29) is 11.9 Å². The number of carbonyl (C=O) groups excluding carboxylic acids is 1. The summed E-state index contributed by atoms with van der Waals surface area (Å²) in [5.41, 5.74) is 1.21. The fourth-order valence-electron chi connectivity index (χ4n) is 4.52. The third-order valence-corrected chi connectivity index (χ3v) is 8.28. The molecule has 1 unspecified atom stereocenters. The van der Waals surface area contributed by atoms with Gasteiger partial charge in [0.05, 0.1) is 23.8 Å². The molecule has 0 radical (unpaired) electrons. The SMILES string of the molecule is COc1ccc(C(CNC(=O)CSc2nnc(-c3cccs3)n2C2CC2)N2CCCCC2)cc1. The molecule has 34 heavy (non-hydrogen) atoms. The van der Waals surface area contributed by atoms with Gasteiger partial charge in [0, 0.05) is 12.6 Å². The number of ether oxygens (including phenoxy) is 1. The quantitative estimate of drug-likeness (QED) is 0.406. The van der Waals surface area contributed by atoms with E-state index >= 15 is 0 Å². The van der Waals surface area contributed by atoms with Crippen LogP contribution in [0.25, 0.3) is 10.7 Å². The first-order valence-corrected chi connectivity index (χ1v) is 13.9. The molecule has 180 valence electrons. The molecule has 1 N–H and O–H groups in total. The van der Waals surface area contributed by atoms with E-state index in [4.69, 9.17) is 4.74 Å². The van der Waals surface area contributed by atoms with Crippen LogP contribution in [0.4, 0.5) is 0 Å². The number of hydrogen-bond acceptors (Lipinski definition) is 7. The van der Waals surface area contributed by atoms with Crippen molar-refractivity contribution in [2.75, 3.05) is 32.5 Å². The molecule has 1 saturated heterocycles. The van der Waals surface area contributed by atoms with Gasteiger partial charge in [-0.25, -0.2) is 0 Å². The van der Waals surface area contributed by atoms with Crippen molar-refractivity contribution < 1.29 is 9.53 Å². The van der Waals surface area contributed by atoms with Crippen LogP contribution in [0.2, 0.25) is 0 Å². The largest absolute Gasteiger partial charge is 0.497 e. The van der Waals surface area contributed by atoms with Crippen molar-refractivity contribution in [2.45, 2.75) is 49.3 Å². The molecule has 2 aliphatic rings. The Morgan fingerprint density at radius 1 is 1.18 bits per heavy atom. The van der Waals surface area contributed by atoms with Gasteiger partial charge in [0.2, 0.25) is 5.91 Å². The van der Waals surface area contributed by atoms with Gasteiger partial charge in [0.1, 0.15) is 5.75 Å². The molecule has 1 saturated carbocycles. The van der Waals surface area contributed by atoms with Crippen LogP contribution in [0.3, 0.4) is 0 Å². The van der Waals surface area contributed by atoms with Crippen LogP contribution in [-0.2, 0) is 4.79 Å². The molecule has 5 rings (SSSR count). The summed E-state index contributed by atoms with van der Waals surface area (Å²) in [5, 5.41) is 14.9. The predicted molar refractivity (Wildman–Crippen MR) is 136 cm³/mol. The fourth-order valence-corrected chi connectivity index (χ4v) is 6.06. The lowest BCUT2D eigenvalue weighted by molar-refractivity contribution is -0.118. The molecule has 1 amide bonds. The number of thiophene rings is 1. The molecule has 1 aromatic carbocycles. The van der Waals surface area contributed by atoms with Gasteiger partial charge in [-0.3, -0.25) is 14.3 Å². The van der Waals surface area contributed by atoms with E-state index in [2.05, 4.69) is 48.6 Å². The van der Waals surface area contributed by atoms with Crippen LogP contribution in [-0.4, -0.2) is 58.1 Å². The van der Waals surface area contributed by atoms with Crippen LogP contribution in [0.1, 0.15) is 49.8 Å². The number of methoxy groups -OCH3 is 1. The molecule has 1 atom stereocenters. The molecule has 0 bridgehead atoms. The van der Waals surface area contributed by atoms with Gasteiger partial charge in [-0.15, -0.1) is 21.5 Å². The second-order valence-corrected chi connectivity index (χ2v) is 10.8. The minimum absolute atomic E-state index is 0.0311. The lowest BCUT2D eigenvalue weighted by Crippen LogP contribution is -2.41. The van der Waals surface area contributed by atoms with Crippen molar-refractivity contribution in [3.8, 4) is 16.5 Å². The number of nitrogens with zero attached hydrogens (tertiary/aromatic N) is 4. The number of nitrogens with one attached hydrogen (secondary N) is 1. The first-order valence-electron chi connectivity index (χ1n) is 12.0. The van der Waals surface area contributed by atoms with Crippen LogP contribution < -0.4 is 10.1 Å². The number of rotatable bonds is 10. The molecule has 1 aliphatic heterocycles. The van der Waals surface area contributed by atoms with Crippen molar-refractivity contribution in [1.29, 1.82) is 0 Å². The van der Waals surface area contributed by atoms with E-state index in [9.17, 15) is 4.79 Å². The summed E-state index contributed by atoms with van der Waals surface area (Å²) >= 11 is 3.16. The third kappa shape index (κ3) is 5.47. The topological polar surface area (TPSA) is 72.3 Å². The van der Waals surface area contributed by atoms with Crippen LogP contribution in [0.5, 0.6) is 5.75 Å². The van der Waals surface area contributed by atoms with Crippen molar-refractivity contribution in [3.63, 3.8) is 0 Å². The lowest BCUT2D eigenvalue weighted by atomic mass is 10.0. The summed E-state index contributed by atoms with van der Waals surface area (Å²) in [6, 6.07) is 13.0. The van der Waals surface area contributed by atoms with E-state index in [1.807, 2.05) is 18.2 Å². The summed E-state index contributed by atoms with van der Waals surface area (Å²) in [7, 11) is 1.68. The Hall–Kier alpha value is -2.36. The van der Waals surface area contributed by atoms with E-state index in [0.717, 1.165) is 47.5 Å². The Kier molecular flexibility index (Phi) is 7.51. The van der Waals surface area contributed by atoms with E-state index in [1.54, 1.807) is 18.4 Å². The molecule has 3 aromatic rings. The maximum atomic E-state index is 12.8. The van der Waals surface area contributed by atoms with E-state index in [0.29, 0.717) is 18.3 Å². The molecular weight excluding hydrogens is 466 g/mol. The van der Waals surface area contributed by atoms with Crippen molar-refractivity contribution >= 4 is 29.0 Å². The van der Waals surface area contributed by atoms with Gasteiger partial charge in [0.15, 0.2) is 11.0 Å². The van der Waals surface area contributed by atoms with E-state index in [1.165, 1.54) is 36.6 Å². The number of hydrogen-bond donors (Lipinski definition) is 1. The summed E-state index contributed by atoms with van der Waals surface area (Å²) in [6.07, 6.45) is 5.99. The molecule has 1 aliphatic carbocycles. The normalized spacial score (nSPS) is 17.4. The fraction of sp³-hybridized carbons (Fsp3) is 0.480. The summed E-state index contributed by atoms with van der Waals surface area (Å²) in [5.74, 6) is 2.14. The number of benzene rings is 1. The summed E-state index contributed by atoms with van der Waals surface area (Å²) < 4.78 is 7.54. The number of aromatic nitrogens is 3. The van der Waals surface area contributed by atoms with Gasteiger partial charge in [-0.1, -0.05) is 36.4 Å². The molecule has 7 nitrogen and oxygen atoms in total. The Morgan fingerprint density at radius 2 is 1.97 bits per heavy atom. The van der Waals surface area contributed by atoms with Gasteiger partial charge in [-0.05, 0) is 67.9 Å². The number of carbonyl (C=O) groups is 1. The first kappa shape index (κ1) is 23.4. The highest BCUT2D eigenvalue weighted by Crippen LogP contribution is 2.41. The molecule has 0 spiro atoms. The standard InChI is InChI=1S/C25H31N5O2S2/c1-32-20-11-7-18(8-12-20)21(29-13-3-2-4-14-29)16-26-23(31)17-34-25-28-27-24(22-6-5-15-33-22)30(25)19-9-10-19/h5-8,11-12,15,19,21H,2-4,9-10,13-14,16-17H2,1H3,(H,26,31). The highest BCUT2D eigenvalue weighted by Gasteiger charge is 2.31. The van der Waals surface area contributed by atoms with Gasteiger partial charge in [-0.2, -0.15) is 0 Å². The zero-order valence-electron chi connectivity index (χ0n) is 19.5. The van der Waals surface area contributed by atoms with Crippen LogP contribution >= 0.6 is 23.1 Å². The zero-order chi connectivity index (χ0) is 23.3. The lowest BCUT2D eigenvalue weighted by Gasteiger charge is -2.35. The maximum absolute atomic E-state index is 12.8. The molecular formula is C25H31N5O2S2. The Morgan fingerprint density at radius 3 is 2.65 bits per heavy atom. The number of thioether (sulfide) groups is 1. The molecule has 2 fully saturated rings. The minimum atomic E-state index is 0.0311. The average molecular weight is 498 g/mol. The maximum Gasteiger partial charge on any atom is 0.230 e. The zero-order valence-corrected chi connectivity index (χ0v) is 21.1. The third-order valence-electron chi connectivity index (χ3n) is 6.48. The van der Waals surface area contributed by atoms with Gasteiger partial charge >= 0.3 is 0 Å². The predicted octanol–water partition coefficient (Wildman–Crippen LogP) is 4.79. The number of amides is 1. The van der Waals surface area contributed by atoms with E-state index < -0.39 is 0 Å². The average Bonchev–Trinajstić information content (AvgIpc) is 3.39. The number of likely N-dealkylation sites (tertiary alicyclic amines) is 1. The van der Waals surface area contributed by atoms with Crippen LogP contribution in [0.15, 0.2) is 46.9 Å². The monoisotopic (exact) mass is 497 g/mol. The highest BCUT2D eigenvalue weighted by molar-refractivity contribution is 7.99. The second-order valence-electron chi connectivity index (χ2n) is 8.86. The summed E-state index contributed by atoms with van der Waals surface area (Å²) in [6.45, 7) is 2.73. The molecule has 9 heteroatoms. The second kappa shape index (κ2) is 10.9. The van der Waals surface area contributed by atoms with Gasteiger partial charge < -0.3 is 10.1 Å².